The van der Waals surface area contributed by atoms with Gasteiger partial charge >= 0.3 is 7.12 Å². The summed E-state index contributed by atoms with van der Waals surface area (Å²) >= 11 is 0. The number of rotatable bonds is 3. The highest BCUT2D eigenvalue weighted by Crippen LogP contribution is 2.40. The SMILES string of the molecule is Cc1ccc(S(=O)(=O)N2CCCC=C2B2OC(C)(C)C(C)(C)O2)cc1. The number of aryl methyl sites for hydroxylation is 1. The van der Waals surface area contributed by atoms with E-state index in [1.807, 2.05) is 52.8 Å². The van der Waals surface area contributed by atoms with Gasteiger partial charge in [0, 0.05) is 6.54 Å². The predicted molar refractivity (Wildman–Crippen MR) is 98.5 cm³/mol. The minimum Gasteiger partial charge on any atom is -0.398 e. The summed E-state index contributed by atoms with van der Waals surface area (Å²) in [7, 11) is -4.31. The number of hydrogen-bond acceptors (Lipinski definition) is 4. The molecule has 1 fully saturated rings. The Morgan fingerprint density at radius 2 is 1.60 bits per heavy atom. The van der Waals surface area contributed by atoms with Crippen molar-refractivity contribution in [2.75, 3.05) is 6.54 Å². The molecule has 0 N–H and O–H groups in total. The van der Waals surface area contributed by atoms with E-state index in [9.17, 15) is 8.42 Å². The van der Waals surface area contributed by atoms with Gasteiger partial charge in [0.2, 0.25) is 0 Å². The lowest BCUT2D eigenvalue weighted by Crippen LogP contribution is -2.41. The zero-order valence-electron chi connectivity index (χ0n) is 15.6. The maximum Gasteiger partial charge on any atom is 0.512 e. The Bertz CT molecular complexity index is 768. The molecular weight excluding hydrogens is 337 g/mol. The Balaban J connectivity index is 1.95. The van der Waals surface area contributed by atoms with Crippen molar-refractivity contribution in [3.05, 3.63) is 41.5 Å². The van der Waals surface area contributed by atoms with Gasteiger partial charge < -0.3 is 9.31 Å². The molecule has 0 unspecified atom stereocenters. The molecule has 1 aromatic carbocycles. The largest absolute Gasteiger partial charge is 0.512 e. The molecule has 3 rings (SSSR count). The molecule has 1 aromatic rings. The quantitative estimate of drug-likeness (QED) is 0.774. The Morgan fingerprint density at radius 3 is 2.16 bits per heavy atom. The summed E-state index contributed by atoms with van der Waals surface area (Å²) in [6.07, 6.45) is 3.53. The first-order valence-corrected chi connectivity index (χ1v) is 10.1. The number of nitrogens with zero attached hydrogens (tertiary/aromatic N) is 1. The molecule has 7 heteroatoms. The molecule has 0 aromatic heterocycles. The van der Waals surface area contributed by atoms with Crippen LogP contribution in [0.1, 0.15) is 46.1 Å². The van der Waals surface area contributed by atoms with E-state index < -0.39 is 28.3 Å². The van der Waals surface area contributed by atoms with Crippen molar-refractivity contribution in [3.8, 4) is 0 Å². The molecule has 1 saturated heterocycles. The fourth-order valence-electron chi connectivity index (χ4n) is 2.99. The summed E-state index contributed by atoms with van der Waals surface area (Å²) in [4.78, 5) is 0.294. The van der Waals surface area contributed by atoms with Gasteiger partial charge in [-0.25, -0.2) is 8.42 Å². The molecule has 0 atom stereocenters. The van der Waals surface area contributed by atoms with Gasteiger partial charge in [-0.3, -0.25) is 4.31 Å². The highest BCUT2D eigenvalue weighted by Gasteiger charge is 2.54. The zero-order chi connectivity index (χ0) is 18.5. The number of hydrogen-bond donors (Lipinski definition) is 0. The molecule has 2 aliphatic rings. The molecular formula is C18H26BNO4S. The molecule has 5 nitrogen and oxygen atoms in total. The zero-order valence-corrected chi connectivity index (χ0v) is 16.4. The average molecular weight is 363 g/mol. The third-order valence-corrected chi connectivity index (χ3v) is 7.15. The molecule has 2 heterocycles. The van der Waals surface area contributed by atoms with Crippen molar-refractivity contribution in [1.82, 2.24) is 4.31 Å². The van der Waals surface area contributed by atoms with Gasteiger partial charge in [0.15, 0.2) is 0 Å². The van der Waals surface area contributed by atoms with E-state index >= 15 is 0 Å². The molecule has 0 amide bonds. The van der Waals surface area contributed by atoms with Crippen LogP contribution in [0.2, 0.25) is 0 Å². The first-order valence-electron chi connectivity index (χ1n) is 8.70. The summed E-state index contributed by atoms with van der Waals surface area (Å²) < 4.78 is 39.9. The van der Waals surface area contributed by atoms with Crippen LogP contribution in [-0.2, 0) is 19.3 Å². The monoisotopic (exact) mass is 363 g/mol. The highest BCUT2D eigenvalue weighted by molar-refractivity contribution is 7.89. The van der Waals surface area contributed by atoms with Crippen molar-refractivity contribution >= 4 is 17.1 Å². The number of benzene rings is 1. The van der Waals surface area contributed by atoms with Crippen molar-refractivity contribution < 1.29 is 17.7 Å². The first-order chi connectivity index (χ1) is 11.5. The standard InChI is InChI=1S/C18H26BNO4S/c1-14-9-11-15(12-10-14)25(21,22)20-13-7-6-8-16(20)19-23-17(2,3)18(4,5)24-19/h8-12H,6-7,13H2,1-5H3. The minimum absolute atomic E-state index is 0.294. The Labute approximate surface area is 151 Å². The second kappa shape index (κ2) is 6.14. The van der Waals surface area contributed by atoms with Gasteiger partial charge in [-0.05, 0) is 59.6 Å². The van der Waals surface area contributed by atoms with Crippen molar-refractivity contribution in [3.63, 3.8) is 0 Å². The van der Waals surface area contributed by atoms with Gasteiger partial charge in [-0.15, -0.1) is 0 Å². The topological polar surface area (TPSA) is 55.8 Å². The number of sulfonamides is 1. The van der Waals surface area contributed by atoms with E-state index in [1.165, 1.54) is 4.31 Å². The van der Waals surface area contributed by atoms with Crippen LogP contribution in [0.15, 0.2) is 40.8 Å². The fourth-order valence-corrected chi connectivity index (χ4v) is 4.53. The minimum atomic E-state index is -3.63. The third kappa shape index (κ3) is 3.25. The lowest BCUT2D eigenvalue weighted by molar-refractivity contribution is 0.00578. The van der Waals surface area contributed by atoms with E-state index in [0.29, 0.717) is 17.0 Å². The molecule has 0 spiro atoms. The van der Waals surface area contributed by atoms with E-state index in [4.69, 9.17) is 9.31 Å². The van der Waals surface area contributed by atoms with E-state index in [1.54, 1.807) is 12.1 Å². The second-order valence-corrected chi connectivity index (χ2v) is 9.61. The average Bonchev–Trinajstić information content (AvgIpc) is 2.76. The van der Waals surface area contributed by atoms with Crippen molar-refractivity contribution in [2.45, 2.75) is 63.6 Å². The lowest BCUT2D eigenvalue weighted by Gasteiger charge is -2.32. The summed E-state index contributed by atoms with van der Waals surface area (Å²) in [5.41, 5.74) is 0.606. The van der Waals surface area contributed by atoms with Crippen LogP contribution in [0, 0.1) is 6.92 Å². The summed E-state index contributed by atoms with van der Waals surface area (Å²) in [5.74, 6) is 0. The second-order valence-electron chi connectivity index (χ2n) is 7.75. The maximum absolute atomic E-state index is 13.2. The van der Waals surface area contributed by atoms with Crippen LogP contribution >= 0.6 is 0 Å². The van der Waals surface area contributed by atoms with Gasteiger partial charge in [-0.2, -0.15) is 0 Å². The van der Waals surface area contributed by atoms with Gasteiger partial charge in [0.25, 0.3) is 10.0 Å². The molecule has 2 aliphatic heterocycles. The Kier molecular flexibility index (Phi) is 4.54. The van der Waals surface area contributed by atoms with E-state index in [2.05, 4.69) is 0 Å². The first kappa shape index (κ1) is 18.5. The molecule has 0 saturated carbocycles. The molecule has 136 valence electrons. The van der Waals surface area contributed by atoms with Crippen LogP contribution in [0.3, 0.4) is 0 Å². The summed E-state index contributed by atoms with van der Waals surface area (Å²) in [6.45, 7) is 10.2. The van der Waals surface area contributed by atoms with Crippen LogP contribution < -0.4 is 0 Å². The summed E-state index contributed by atoms with van der Waals surface area (Å²) in [6, 6.07) is 6.94. The maximum atomic E-state index is 13.2. The van der Waals surface area contributed by atoms with Crippen LogP contribution in [0.25, 0.3) is 0 Å². The van der Waals surface area contributed by atoms with Crippen LogP contribution in [0.5, 0.6) is 0 Å². The fraction of sp³-hybridized carbons (Fsp3) is 0.556. The molecule has 0 aliphatic carbocycles. The lowest BCUT2D eigenvalue weighted by atomic mass is 9.82. The molecule has 0 bridgehead atoms. The highest BCUT2D eigenvalue weighted by atomic mass is 32.2. The van der Waals surface area contributed by atoms with E-state index in [0.717, 1.165) is 18.4 Å². The summed E-state index contributed by atoms with van der Waals surface area (Å²) in [5, 5.41) is 0. The smallest absolute Gasteiger partial charge is 0.398 e. The van der Waals surface area contributed by atoms with Gasteiger partial charge in [0.05, 0.1) is 21.7 Å². The molecule has 0 radical (unpaired) electrons. The number of allylic oxidation sites excluding steroid dienone is 1. The Hall–Kier alpha value is -1.31. The van der Waals surface area contributed by atoms with Gasteiger partial charge in [-0.1, -0.05) is 23.8 Å². The molecule has 25 heavy (non-hydrogen) atoms. The van der Waals surface area contributed by atoms with Crippen molar-refractivity contribution in [2.24, 2.45) is 0 Å². The predicted octanol–water partition coefficient (Wildman–Crippen LogP) is 3.29. The Morgan fingerprint density at radius 1 is 1.04 bits per heavy atom. The van der Waals surface area contributed by atoms with E-state index in [-0.39, 0.29) is 0 Å². The van der Waals surface area contributed by atoms with Crippen LogP contribution in [-0.4, -0.2) is 37.6 Å². The van der Waals surface area contributed by atoms with Crippen LogP contribution in [0.4, 0.5) is 0 Å². The normalized spacial score (nSPS) is 22.8. The van der Waals surface area contributed by atoms with Gasteiger partial charge in [0.1, 0.15) is 0 Å². The third-order valence-electron chi connectivity index (χ3n) is 5.31. The van der Waals surface area contributed by atoms with Crippen molar-refractivity contribution in [1.29, 1.82) is 0 Å².